The summed E-state index contributed by atoms with van der Waals surface area (Å²) in [6, 6.07) is 11.2. The number of phenolic OH excluding ortho intramolecular Hbond substituents is 1. The van der Waals surface area contributed by atoms with E-state index >= 15 is 0 Å². The molecule has 2 aliphatic rings. The molecule has 4 rings (SSSR count). The van der Waals surface area contributed by atoms with Crippen LogP contribution in [0.5, 0.6) is 5.75 Å². The van der Waals surface area contributed by atoms with E-state index in [0.29, 0.717) is 31.3 Å². The normalized spacial score (nSPS) is 17.2. The second-order valence-corrected chi connectivity index (χ2v) is 8.10. The smallest absolute Gasteiger partial charge is 0.294 e. The van der Waals surface area contributed by atoms with Crippen molar-refractivity contribution in [2.45, 2.75) is 13.0 Å². The first kappa shape index (κ1) is 20.6. The predicted molar refractivity (Wildman–Crippen MR) is 113 cm³/mol. The largest absolute Gasteiger partial charge is 0.508 e. The van der Waals surface area contributed by atoms with E-state index in [1.165, 1.54) is 11.6 Å². The molecule has 0 aromatic heterocycles. The number of thioether (sulfide) groups is 1. The number of nitro benzene ring substituents is 1. The van der Waals surface area contributed by atoms with E-state index in [4.69, 9.17) is 0 Å². The summed E-state index contributed by atoms with van der Waals surface area (Å²) >= 11 is 0.604. The van der Waals surface area contributed by atoms with Gasteiger partial charge in [-0.2, -0.15) is 0 Å². The van der Waals surface area contributed by atoms with Gasteiger partial charge in [0.25, 0.3) is 16.8 Å². The van der Waals surface area contributed by atoms with Gasteiger partial charge in [-0.3, -0.25) is 29.4 Å². The molecule has 158 valence electrons. The average molecular weight is 439 g/mol. The molecule has 1 saturated heterocycles. The number of rotatable bonds is 4. The van der Waals surface area contributed by atoms with Crippen molar-refractivity contribution in [3.63, 3.8) is 0 Å². The zero-order chi connectivity index (χ0) is 22.1. The molecule has 1 fully saturated rings. The van der Waals surface area contributed by atoms with Crippen molar-refractivity contribution in [1.29, 1.82) is 0 Å². The molecule has 2 aromatic carbocycles. The monoisotopic (exact) mass is 439 g/mol. The number of carbonyl (C=O) groups is 3. The van der Waals surface area contributed by atoms with E-state index in [9.17, 15) is 29.6 Å². The number of benzene rings is 2. The second kappa shape index (κ2) is 8.23. The molecule has 0 atom stereocenters. The molecule has 2 aliphatic heterocycles. The van der Waals surface area contributed by atoms with E-state index in [2.05, 4.69) is 0 Å². The second-order valence-electron chi connectivity index (χ2n) is 7.10. The van der Waals surface area contributed by atoms with Crippen LogP contribution in [0.4, 0.5) is 10.5 Å². The number of phenols is 1. The molecule has 2 heterocycles. The van der Waals surface area contributed by atoms with Crippen LogP contribution in [0.3, 0.4) is 0 Å². The maximum Gasteiger partial charge on any atom is 0.294 e. The van der Waals surface area contributed by atoms with Gasteiger partial charge >= 0.3 is 0 Å². The number of hydrogen-bond donors (Lipinski definition) is 1. The molecule has 3 amide bonds. The van der Waals surface area contributed by atoms with Crippen LogP contribution in [0.15, 0.2) is 47.4 Å². The number of amides is 3. The third-order valence-electron chi connectivity index (χ3n) is 5.14. The van der Waals surface area contributed by atoms with Gasteiger partial charge in [0.1, 0.15) is 12.3 Å². The first-order valence-electron chi connectivity index (χ1n) is 9.41. The SMILES string of the molecule is O=C(CN1C(=O)SC(=Cc2cc(O)ccc2[N+](=O)[O-])C1=O)N1CCc2ccccc2C1. The predicted octanol–water partition coefficient (Wildman–Crippen LogP) is 2.92. The topological polar surface area (TPSA) is 121 Å². The van der Waals surface area contributed by atoms with Crippen LogP contribution in [0, 0.1) is 10.1 Å². The highest BCUT2D eigenvalue weighted by Crippen LogP contribution is 2.35. The number of hydrogen-bond acceptors (Lipinski definition) is 7. The van der Waals surface area contributed by atoms with Crippen LogP contribution in [0.25, 0.3) is 6.08 Å². The molecule has 0 spiro atoms. The summed E-state index contributed by atoms with van der Waals surface area (Å²) < 4.78 is 0. The lowest BCUT2D eigenvalue weighted by Crippen LogP contribution is -2.44. The lowest BCUT2D eigenvalue weighted by atomic mass is 10.00. The summed E-state index contributed by atoms with van der Waals surface area (Å²) in [5.41, 5.74) is 1.89. The lowest BCUT2D eigenvalue weighted by molar-refractivity contribution is -0.385. The Morgan fingerprint density at radius 2 is 1.94 bits per heavy atom. The van der Waals surface area contributed by atoms with E-state index < -0.39 is 22.6 Å². The summed E-state index contributed by atoms with van der Waals surface area (Å²) in [6.45, 7) is 0.514. The average Bonchev–Trinajstić information content (AvgIpc) is 3.00. The number of nitrogens with zero attached hydrogens (tertiary/aromatic N) is 3. The van der Waals surface area contributed by atoms with E-state index in [1.807, 2.05) is 24.3 Å². The Kier molecular flexibility index (Phi) is 5.47. The molecule has 0 bridgehead atoms. The first-order chi connectivity index (χ1) is 14.8. The van der Waals surface area contributed by atoms with Gasteiger partial charge in [-0.15, -0.1) is 0 Å². The molecular formula is C21H17N3O6S. The quantitative estimate of drug-likeness (QED) is 0.442. The maximum absolute atomic E-state index is 12.7. The molecule has 0 aliphatic carbocycles. The van der Waals surface area contributed by atoms with Crippen LogP contribution < -0.4 is 0 Å². The summed E-state index contributed by atoms with van der Waals surface area (Å²) in [7, 11) is 0. The van der Waals surface area contributed by atoms with Crippen LogP contribution in [0.1, 0.15) is 16.7 Å². The highest BCUT2D eigenvalue weighted by molar-refractivity contribution is 8.18. The number of carbonyl (C=O) groups excluding carboxylic acids is 3. The highest BCUT2D eigenvalue weighted by Gasteiger charge is 2.38. The van der Waals surface area contributed by atoms with Crippen molar-refractivity contribution >= 4 is 40.6 Å². The van der Waals surface area contributed by atoms with Gasteiger partial charge in [0.15, 0.2) is 0 Å². The Balaban J connectivity index is 1.51. The van der Waals surface area contributed by atoms with Gasteiger partial charge in [0.05, 0.1) is 15.4 Å². The Labute approximate surface area is 181 Å². The van der Waals surface area contributed by atoms with Gasteiger partial charge in [0.2, 0.25) is 5.91 Å². The Hall–Kier alpha value is -3.66. The van der Waals surface area contributed by atoms with Crippen molar-refractivity contribution < 1.29 is 24.4 Å². The fraction of sp³-hybridized carbons (Fsp3) is 0.190. The van der Waals surface area contributed by atoms with E-state index in [-0.39, 0.29) is 27.8 Å². The molecule has 0 saturated carbocycles. The van der Waals surface area contributed by atoms with E-state index in [1.54, 1.807) is 4.90 Å². The van der Waals surface area contributed by atoms with Gasteiger partial charge in [-0.1, -0.05) is 24.3 Å². The number of imide groups is 1. The molecule has 2 aromatic rings. The maximum atomic E-state index is 12.7. The molecule has 1 N–H and O–H groups in total. The van der Waals surface area contributed by atoms with Crippen LogP contribution in [0.2, 0.25) is 0 Å². The summed E-state index contributed by atoms with van der Waals surface area (Å²) in [5, 5.41) is 20.2. The third kappa shape index (κ3) is 4.15. The van der Waals surface area contributed by atoms with Crippen LogP contribution in [-0.2, 0) is 22.6 Å². The van der Waals surface area contributed by atoms with Gasteiger partial charge in [-0.25, -0.2) is 0 Å². The van der Waals surface area contributed by atoms with Gasteiger partial charge in [-0.05, 0) is 47.5 Å². The summed E-state index contributed by atoms with van der Waals surface area (Å²) in [4.78, 5) is 50.8. The fourth-order valence-corrected chi connectivity index (χ4v) is 4.37. The number of fused-ring (bicyclic) bond motifs is 1. The van der Waals surface area contributed by atoms with Crippen molar-refractivity contribution in [1.82, 2.24) is 9.80 Å². The Morgan fingerprint density at radius 1 is 1.19 bits per heavy atom. The van der Waals surface area contributed by atoms with Crippen LogP contribution in [-0.4, -0.2) is 50.0 Å². The highest BCUT2D eigenvalue weighted by atomic mass is 32.2. The summed E-state index contributed by atoms with van der Waals surface area (Å²) in [5.74, 6) is -1.25. The zero-order valence-electron chi connectivity index (χ0n) is 16.2. The minimum atomic E-state index is -0.696. The van der Waals surface area contributed by atoms with E-state index in [0.717, 1.165) is 28.7 Å². The fourth-order valence-electron chi connectivity index (χ4n) is 3.55. The minimum absolute atomic E-state index is 0.00513. The Bertz CT molecular complexity index is 1150. The van der Waals surface area contributed by atoms with Crippen molar-refractivity contribution in [3.8, 4) is 5.75 Å². The van der Waals surface area contributed by atoms with Crippen molar-refractivity contribution in [2.75, 3.05) is 13.1 Å². The Morgan fingerprint density at radius 3 is 2.68 bits per heavy atom. The van der Waals surface area contributed by atoms with Gasteiger partial charge < -0.3 is 10.0 Å². The minimum Gasteiger partial charge on any atom is -0.508 e. The standard InChI is InChI=1S/C21H17N3O6S/c25-16-5-6-17(24(29)30)15(9-16)10-18-20(27)23(21(28)31-18)12-19(26)22-8-7-13-3-1-2-4-14(13)11-22/h1-6,9-10,25H,7-8,11-12H2. The lowest BCUT2D eigenvalue weighted by Gasteiger charge is -2.29. The molecule has 9 nitrogen and oxygen atoms in total. The van der Waals surface area contributed by atoms with Crippen molar-refractivity contribution in [3.05, 3.63) is 74.2 Å². The number of nitro groups is 1. The van der Waals surface area contributed by atoms with Crippen molar-refractivity contribution in [2.24, 2.45) is 0 Å². The van der Waals surface area contributed by atoms with Gasteiger partial charge in [0, 0.05) is 19.2 Å². The molecule has 31 heavy (non-hydrogen) atoms. The first-order valence-corrected chi connectivity index (χ1v) is 10.2. The zero-order valence-corrected chi connectivity index (χ0v) is 17.0. The number of aromatic hydroxyl groups is 1. The summed E-state index contributed by atoms with van der Waals surface area (Å²) in [6.07, 6.45) is 1.88. The third-order valence-corrected chi connectivity index (χ3v) is 6.05. The molecule has 0 radical (unpaired) electrons. The van der Waals surface area contributed by atoms with Crippen LogP contribution >= 0.6 is 11.8 Å². The molecule has 10 heteroatoms. The molecule has 0 unspecified atom stereocenters. The molecular weight excluding hydrogens is 422 g/mol.